The SMILES string of the molecule is N[C@H]1C[C@H](n2cc3cnc(-c4cn([C@H]5C[C@H](CNc6ccc7c(c6)C(=O)N(C6CCC(=O)NC6=O)C7=O)C5)nc4C4CC4)cc3n2)C1. The number of nitrogens with two attached hydrogens (primary N) is 1. The van der Waals surface area contributed by atoms with E-state index in [1.54, 1.807) is 18.2 Å². The van der Waals surface area contributed by atoms with Crippen molar-refractivity contribution in [3.63, 3.8) is 0 Å². The van der Waals surface area contributed by atoms with Crippen molar-refractivity contribution in [1.29, 1.82) is 0 Å². The van der Waals surface area contributed by atoms with Crippen LogP contribution in [0.15, 0.2) is 42.9 Å². The highest BCUT2D eigenvalue weighted by atomic mass is 16.2. The van der Waals surface area contributed by atoms with Crippen LogP contribution in [0.1, 0.15) is 95.8 Å². The van der Waals surface area contributed by atoms with E-state index >= 15 is 0 Å². The van der Waals surface area contributed by atoms with E-state index in [1.807, 2.05) is 10.9 Å². The predicted molar refractivity (Wildman–Crippen MR) is 170 cm³/mol. The number of nitrogens with one attached hydrogen (secondary N) is 2. The Bertz CT molecular complexity index is 1980. The Balaban J connectivity index is 0.853. The van der Waals surface area contributed by atoms with Crippen LogP contribution in [0.5, 0.6) is 0 Å². The van der Waals surface area contributed by atoms with Gasteiger partial charge in [0.05, 0.1) is 40.1 Å². The van der Waals surface area contributed by atoms with Crippen LogP contribution in [0.4, 0.5) is 5.69 Å². The molecule has 4 N–H and O–H groups in total. The van der Waals surface area contributed by atoms with Crippen molar-refractivity contribution in [3.05, 3.63) is 59.7 Å². The Morgan fingerprint density at radius 1 is 0.872 bits per heavy atom. The van der Waals surface area contributed by atoms with Crippen molar-refractivity contribution in [2.75, 3.05) is 11.9 Å². The highest BCUT2D eigenvalue weighted by Gasteiger charge is 2.45. The first-order valence-corrected chi connectivity index (χ1v) is 16.6. The van der Waals surface area contributed by atoms with E-state index in [1.165, 1.54) is 0 Å². The number of imide groups is 2. The number of carbonyl (C=O) groups is 4. The van der Waals surface area contributed by atoms with E-state index in [9.17, 15) is 19.2 Å². The highest BCUT2D eigenvalue weighted by Crippen LogP contribution is 2.46. The lowest BCUT2D eigenvalue weighted by Crippen LogP contribution is -2.54. The maximum absolute atomic E-state index is 13.2. The van der Waals surface area contributed by atoms with E-state index in [4.69, 9.17) is 20.9 Å². The second-order valence-corrected chi connectivity index (χ2v) is 13.9. The lowest BCUT2D eigenvalue weighted by atomic mass is 9.80. The van der Waals surface area contributed by atoms with Crippen LogP contribution >= 0.6 is 0 Å². The van der Waals surface area contributed by atoms with Crippen molar-refractivity contribution in [2.45, 2.75) is 81.5 Å². The van der Waals surface area contributed by atoms with Gasteiger partial charge in [0.2, 0.25) is 11.8 Å². The number of amides is 4. The molecule has 2 aliphatic heterocycles. The van der Waals surface area contributed by atoms with Gasteiger partial charge in [-0.3, -0.25) is 43.7 Å². The molecule has 1 unspecified atom stereocenters. The average Bonchev–Trinajstić information content (AvgIpc) is 3.55. The number of pyridine rings is 1. The number of aromatic nitrogens is 5. The van der Waals surface area contributed by atoms with Gasteiger partial charge >= 0.3 is 0 Å². The molecule has 3 aromatic heterocycles. The Hall–Kier alpha value is -4.91. The summed E-state index contributed by atoms with van der Waals surface area (Å²) in [6.45, 7) is 0.727. The molecule has 1 saturated heterocycles. The fourth-order valence-electron chi connectivity index (χ4n) is 7.49. The van der Waals surface area contributed by atoms with Crippen LogP contribution in [0.25, 0.3) is 22.2 Å². The molecule has 5 heterocycles. The van der Waals surface area contributed by atoms with E-state index in [-0.39, 0.29) is 30.0 Å². The molecule has 4 aromatic rings. The van der Waals surface area contributed by atoms with Gasteiger partial charge < -0.3 is 11.1 Å². The van der Waals surface area contributed by atoms with Gasteiger partial charge in [0, 0.05) is 60.2 Å². The molecule has 47 heavy (non-hydrogen) atoms. The summed E-state index contributed by atoms with van der Waals surface area (Å²) in [5, 5.41) is 16.6. The summed E-state index contributed by atoms with van der Waals surface area (Å²) >= 11 is 0. The molecule has 1 aromatic carbocycles. The second-order valence-electron chi connectivity index (χ2n) is 13.9. The first-order chi connectivity index (χ1) is 22.8. The summed E-state index contributed by atoms with van der Waals surface area (Å²) in [5.41, 5.74) is 11.4. The van der Waals surface area contributed by atoms with Gasteiger partial charge in [-0.15, -0.1) is 0 Å². The third kappa shape index (κ3) is 4.82. The van der Waals surface area contributed by atoms with Gasteiger partial charge in [-0.1, -0.05) is 0 Å². The van der Waals surface area contributed by atoms with E-state index < -0.39 is 29.7 Å². The van der Waals surface area contributed by atoms with Gasteiger partial charge in [0.15, 0.2) is 0 Å². The van der Waals surface area contributed by atoms with Crippen molar-refractivity contribution < 1.29 is 19.2 Å². The number of carbonyl (C=O) groups excluding carboxylic acids is 4. The summed E-state index contributed by atoms with van der Waals surface area (Å²) in [5.74, 6) is -1.09. The molecule has 5 aliphatic rings. The van der Waals surface area contributed by atoms with Crippen molar-refractivity contribution >= 4 is 40.2 Å². The monoisotopic (exact) mass is 633 g/mol. The molecule has 3 aliphatic carbocycles. The minimum absolute atomic E-state index is 0.0934. The number of hydrogen-bond acceptors (Lipinski definition) is 9. The molecule has 9 rings (SSSR count). The maximum Gasteiger partial charge on any atom is 0.262 e. The molecule has 4 amide bonds. The van der Waals surface area contributed by atoms with Gasteiger partial charge in [0.1, 0.15) is 6.04 Å². The predicted octanol–water partition coefficient (Wildman–Crippen LogP) is 3.30. The molecular formula is C34H35N9O4. The summed E-state index contributed by atoms with van der Waals surface area (Å²) in [7, 11) is 0. The highest BCUT2D eigenvalue weighted by molar-refractivity contribution is 6.23. The molecule has 3 saturated carbocycles. The van der Waals surface area contributed by atoms with Crippen LogP contribution in [-0.2, 0) is 9.59 Å². The van der Waals surface area contributed by atoms with Gasteiger partial charge in [0.25, 0.3) is 11.8 Å². The van der Waals surface area contributed by atoms with Crippen LogP contribution in [0.2, 0.25) is 0 Å². The Morgan fingerprint density at radius 2 is 1.64 bits per heavy atom. The molecule has 0 radical (unpaired) electrons. The van der Waals surface area contributed by atoms with Crippen LogP contribution < -0.4 is 16.4 Å². The quantitative estimate of drug-likeness (QED) is 0.246. The molecule has 240 valence electrons. The lowest BCUT2D eigenvalue weighted by molar-refractivity contribution is -0.136. The lowest BCUT2D eigenvalue weighted by Gasteiger charge is -2.35. The average molecular weight is 634 g/mol. The van der Waals surface area contributed by atoms with E-state index in [0.717, 1.165) is 83.5 Å². The third-order valence-electron chi connectivity index (χ3n) is 10.6. The van der Waals surface area contributed by atoms with Crippen LogP contribution in [0, 0.1) is 5.92 Å². The number of rotatable bonds is 8. The number of hydrogen-bond donors (Lipinski definition) is 3. The number of fused-ring (bicyclic) bond motifs is 2. The minimum atomic E-state index is -0.971. The molecular weight excluding hydrogens is 598 g/mol. The zero-order valence-corrected chi connectivity index (χ0v) is 25.8. The Kier molecular flexibility index (Phi) is 6.36. The molecule has 0 bridgehead atoms. The smallest absolute Gasteiger partial charge is 0.262 e. The molecule has 4 fully saturated rings. The molecule has 13 nitrogen and oxygen atoms in total. The van der Waals surface area contributed by atoms with Gasteiger partial charge in [-0.05, 0) is 75.1 Å². The van der Waals surface area contributed by atoms with E-state index in [2.05, 4.69) is 33.8 Å². The van der Waals surface area contributed by atoms with Gasteiger partial charge in [-0.25, -0.2) is 0 Å². The fourth-order valence-corrected chi connectivity index (χ4v) is 7.49. The summed E-state index contributed by atoms with van der Waals surface area (Å²) < 4.78 is 4.17. The Morgan fingerprint density at radius 3 is 2.40 bits per heavy atom. The van der Waals surface area contributed by atoms with Crippen LogP contribution in [0.3, 0.4) is 0 Å². The first kappa shape index (κ1) is 28.3. The summed E-state index contributed by atoms with van der Waals surface area (Å²) in [4.78, 5) is 55.9. The standard InChI is InChI=1S/C34H35N9O4/c35-20-9-23(10-20)41-15-19-14-37-28(12-27(19)39-41)26-16-42(40-31(26)18-1-2-18)22-7-17(8-22)13-36-21-3-4-24-25(11-21)34(47)43(33(24)46)29-5-6-30(44)38-32(29)45/h3-4,11-12,14-18,20,22-23,29,36H,1-2,5-10,13,35H2,(H,38,44,45)/t17-,20-,22-,23-,29?. The normalized spacial score (nSPS) is 27.1. The minimum Gasteiger partial charge on any atom is -0.385 e. The number of nitrogens with zero attached hydrogens (tertiary/aromatic N) is 6. The Labute approximate surface area is 269 Å². The van der Waals surface area contributed by atoms with E-state index in [0.29, 0.717) is 23.9 Å². The topological polar surface area (TPSA) is 170 Å². The van der Waals surface area contributed by atoms with Crippen LogP contribution in [-0.4, -0.2) is 71.7 Å². The number of anilines is 1. The first-order valence-electron chi connectivity index (χ1n) is 16.6. The van der Waals surface area contributed by atoms with Crippen molar-refractivity contribution in [1.82, 2.24) is 34.8 Å². The summed E-state index contributed by atoms with van der Waals surface area (Å²) in [6.07, 6.45) is 12.6. The largest absolute Gasteiger partial charge is 0.385 e. The molecule has 0 spiro atoms. The van der Waals surface area contributed by atoms with Gasteiger partial charge in [-0.2, -0.15) is 10.2 Å². The number of benzene rings is 1. The summed E-state index contributed by atoms with van der Waals surface area (Å²) in [6, 6.07) is 7.18. The number of piperidine rings is 1. The van der Waals surface area contributed by atoms with Crippen molar-refractivity contribution in [3.8, 4) is 11.3 Å². The zero-order valence-electron chi connectivity index (χ0n) is 25.8. The third-order valence-corrected chi connectivity index (χ3v) is 10.6. The van der Waals surface area contributed by atoms with Crippen molar-refractivity contribution in [2.24, 2.45) is 11.7 Å². The molecule has 13 heteroatoms. The molecule has 1 atom stereocenters. The second kappa shape index (κ2) is 10.6. The fraction of sp³-hybridized carbons (Fsp3) is 0.441. The maximum atomic E-state index is 13.2. The zero-order chi connectivity index (χ0) is 32.0.